The van der Waals surface area contributed by atoms with Gasteiger partial charge in [-0.1, -0.05) is 6.07 Å². The highest BCUT2D eigenvalue weighted by atomic mass is 79.9. The molecule has 0 unspecified atom stereocenters. The number of nitrogens with two attached hydrogens (primary N) is 1. The van der Waals surface area contributed by atoms with E-state index in [9.17, 15) is 4.39 Å². The smallest absolute Gasteiger partial charge is 0.206 e. The van der Waals surface area contributed by atoms with E-state index in [1.54, 1.807) is 30.3 Å². The minimum absolute atomic E-state index is 0.167. The molecule has 3 aromatic rings. The summed E-state index contributed by atoms with van der Waals surface area (Å²) in [5, 5.41) is 8.98. The molecule has 4 nitrogen and oxygen atoms in total. The van der Waals surface area contributed by atoms with Crippen LogP contribution < -0.4 is 5.73 Å². The van der Waals surface area contributed by atoms with Crippen LogP contribution in [0.15, 0.2) is 40.9 Å². The number of benzene rings is 2. The molecule has 0 saturated heterocycles. The molecule has 3 rings (SSSR count). The van der Waals surface area contributed by atoms with E-state index in [-0.39, 0.29) is 11.6 Å². The molecular weight excluding hydrogens is 323 g/mol. The highest BCUT2D eigenvalue weighted by Gasteiger charge is 2.16. The second-order valence-electron chi connectivity index (χ2n) is 4.19. The number of rotatable bonds is 1. The molecule has 0 aliphatic heterocycles. The van der Waals surface area contributed by atoms with Crippen molar-refractivity contribution in [1.29, 1.82) is 5.26 Å². The average molecular weight is 331 g/mol. The van der Waals surface area contributed by atoms with Crippen LogP contribution in [0.1, 0.15) is 5.56 Å². The summed E-state index contributed by atoms with van der Waals surface area (Å²) in [7, 11) is 0. The lowest BCUT2D eigenvalue weighted by Crippen LogP contribution is -2.04. The molecule has 98 valence electrons. The second-order valence-corrected chi connectivity index (χ2v) is 5.05. The number of para-hydroxylation sites is 1. The van der Waals surface area contributed by atoms with E-state index in [1.165, 1.54) is 10.6 Å². The van der Waals surface area contributed by atoms with Crippen molar-refractivity contribution in [3.8, 4) is 11.8 Å². The number of imidazole rings is 1. The molecule has 20 heavy (non-hydrogen) atoms. The Labute approximate surface area is 122 Å². The molecule has 0 aliphatic rings. The summed E-state index contributed by atoms with van der Waals surface area (Å²) in [5.74, 6) is -0.256. The third-order valence-electron chi connectivity index (χ3n) is 2.97. The Morgan fingerprint density at radius 3 is 2.80 bits per heavy atom. The molecule has 0 fully saturated rings. The third kappa shape index (κ3) is 1.84. The fourth-order valence-electron chi connectivity index (χ4n) is 2.10. The standard InChI is InChI=1S/C14H8BrFN4/c15-9-2-1-3-10(16)13(9)20-12-6-8(7-17)4-5-11(12)19-14(20)18/h1-6H,(H2,18,19). The van der Waals surface area contributed by atoms with E-state index in [0.29, 0.717) is 21.1 Å². The number of hydrogen-bond donors (Lipinski definition) is 1. The van der Waals surface area contributed by atoms with Crippen molar-refractivity contribution < 1.29 is 4.39 Å². The normalized spacial score (nSPS) is 10.7. The van der Waals surface area contributed by atoms with Crippen LogP contribution in [0.2, 0.25) is 0 Å². The van der Waals surface area contributed by atoms with Gasteiger partial charge in [-0.2, -0.15) is 5.26 Å². The van der Waals surface area contributed by atoms with E-state index in [2.05, 4.69) is 20.9 Å². The van der Waals surface area contributed by atoms with E-state index in [4.69, 9.17) is 11.0 Å². The van der Waals surface area contributed by atoms with Gasteiger partial charge >= 0.3 is 0 Å². The minimum Gasteiger partial charge on any atom is -0.369 e. The zero-order valence-corrected chi connectivity index (χ0v) is 11.7. The van der Waals surface area contributed by atoms with Gasteiger partial charge in [0.05, 0.1) is 28.4 Å². The highest BCUT2D eigenvalue weighted by Crippen LogP contribution is 2.30. The number of halogens is 2. The zero-order valence-electron chi connectivity index (χ0n) is 10.1. The van der Waals surface area contributed by atoms with E-state index in [0.717, 1.165) is 0 Å². The maximum atomic E-state index is 14.1. The van der Waals surface area contributed by atoms with Gasteiger partial charge in [0.2, 0.25) is 5.95 Å². The summed E-state index contributed by atoms with van der Waals surface area (Å²) >= 11 is 3.31. The molecule has 2 N–H and O–H groups in total. The van der Waals surface area contributed by atoms with Crippen LogP contribution >= 0.6 is 15.9 Å². The van der Waals surface area contributed by atoms with Crippen molar-refractivity contribution in [2.24, 2.45) is 0 Å². The number of fused-ring (bicyclic) bond motifs is 1. The zero-order chi connectivity index (χ0) is 14.3. The monoisotopic (exact) mass is 330 g/mol. The van der Waals surface area contributed by atoms with Gasteiger partial charge in [0.25, 0.3) is 0 Å². The summed E-state index contributed by atoms with van der Waals surface area (Å²) in [5.41, 5.74) is 7.84. The van der Waals surface area contributed by atoms with E-state index >= 15 is 0 Å². The van der Waals surface area contributed by atoms with Crippen LogP contribution in [0.4, 0.5) is 10.3 Å². The average Bonchev–Trinajstić information content (AvgIpc) is 2.74. The van der Waals surface area contributed by atoms with Crippen LogP contribution in [0.25, 0.3) is 16.7 Å². The predicted molar refractivity (Wildman–Crippen MR) is 77.9 cm³/mol. The maximum absolute atomic E-state index is 14.1. The lowest BCUT2D eigenvalue weighted by atomic mass is 10.2. The van der Waals surface area contributed by atoms with Crippen molar-refractivity contribution in [2.75, 3.05) is 5.73 Å². The van der Waals surface area contributed by atoms with Crippen molar-refractivity contribution in [3.63, 3.8) is 0 Å². The number of anilines is 1. The topological polar surface area (TPSA) is 67.6 Å². The Morgan fingerprint density at radius 1 is 1.30 bits per heavy atom. The highest BCUT2D eigenvalue weighted by molar-refractivity contribution is 9.10. The Bertz CT molecular complexity index is 843. The molecule has 0 atom stereocenters. The van der Waals surface area contributed by atoms with Crippen molar-refractivity contribution >= 4 is 32.9 Å². The van der Waals surface area contributed by atoms with Crippen LogP contribution in [0.3, 0.4) is 0 Å². The van der Waals surface area contributed by atoms with Gasteiger partial charge in [-0.3, -0.25) is 4.57 Å². The minimum atomic E-state index is -0.423. The number of nitrogens with zero attached hydrogens (tertiary/aromatic N) is 3. The number of aromatic nitrogens is 2. The van der Waals surface area contributed by atoms with Crippen LogP contribution in [-0.4, -0.2) is 9.55 Å². The molecule has 0 saturated carbocycles. The van der Waals surface area contributed by atoms with Gasteiger partial charge in [-0.05, 0) is 46.3 Å². The van der Waals surface area contributed by atoms with Gasteiger partial charge < -0.3 is 5.73 Å². The molecule has 0 bridgehead atoms. The van der Waals surface area contributed by atoms with Crippen LogP contribution in [0, 0.1) is 17.1 Å². The van der Waals surface area contributed by atoms with E-state index < -0.39 is 5.82 Å². The summed E-state index contributed by atoms with van der Waals surface area (Å²) in [6.45, 7) is 0. The first-order chi connectivity index (χ1) is 9.61. The largest absolute Gasteiger partial charge is 0.369 e. The molecule has 0 aliphatic carbocycles. The van der Waals surface area contributed by atoms with Crippen molar-refractivity contribution in [2.45, 2.75) is 0 Å². The molecule has 0 radical (unpaired) electrons. The molecule has 0 spiro atoms. The van der Waals surface area contributed by atoms with Gasteiger partial charge in [0.1, 0.15) is 5.82 Å². The SMILES string of the molecule is N#Cc1ccc2nc(N)n(-c3c(F)cccc3Br)c2c1. The number of hydrogen-bond acceptors (Lipinski definition) is 3. The number of nitriles is 1. The van der Waals surface area contributed by atoms with Gasteiger partial charge in [0.15, 0.2) is 0 Å². The van der Waals surface area contributed by atoms with Crippen LogP contribution in [0.5, 0.6) is 0 Å². The summed E-state index contributed by atoms with van der Waals surface area (Å²) < 4.78 is 16.2. The second kappa shape index (κ2) is 4.62. The lowest BCUT2D eigenvalue weighted by molar-refractivity contribution is 0.619. The molecule has 0 amide bonds. The summed E-state index contributed by atoms with van der Waals surface area (Å²) in [6, 6.07) is 11.7. The Balaban J connectivity index is 2.42. The first-order valence-corrected chi connectivity index (χ1v) is 6.53. The fraction of sp³-hybridized carbons (Fsp3) is 0. The van der Waals surface area contributed by atoms with Gasteiger partial charge in [-0.15, -0.1) is 0 Å². The molecule has 1 heterocycles. The Kier molecular flexibility index (Phi) is 2.92. The first kappa shape index (κ1) is 12.6. The van der Waals surface area contributed by atoms with Gasteiger partial charge in [0, 0.05) is 4.47 Å². The molecule has 1 aromatic heterocycles. The lowest BCUT2D eigenvalue weighted by Gasteiger charge is -2.10. The van der Waals surface area contributed by atoms with Crippen LogP contribution in [-0.2, 0) is 0 Å². The maximum Gasteiger partial charge on any atom is 0.206 e. The summed E-state index contributed by atoms with van der Waals surface area (Å²) in [6.07, 6.45) is 0. The Hall–Kier alpha value is -2.39. The van der Waals surface area contributed by atoms with Crippen molar-refractivity contribution in [3.05, 3.63) is 52.3 Å². The predicted octanol–water partition coefficient (Wildman–Crippen LogP) is 3.38. The fourth-order valence-corrected chi connectivity index (χ4v) is 2.62. The molecular formula is C14H8BrFN4. The Morgan fingerprint density at radius 2 is 2.10 bits per heavy atom. The summed E-state index contributed by atoms with van der Waals surface area (Å²) in [4.78, 5) is 4.19. The molecule has 2 aromatic carbocycles. The van der Waals surface area contributed by atoms with E-state index in [1.807, 2.05) is 6.07 Å². The quantitative estimate of drug-likeness (QED) is 0.743. The third-order valence-corrected chi connectivity index (χ3v) is 3.61. The first-order valence-electron chi connectivity index (χ1n) is 5.74. The van der Waals surface area contributed by atoms with Crippen molar-refractivity contribution in [1.82, 2.24) is 9.55 Å². The molecule has 6 heteroatoms. The number of nitrogen functional groups attached to an aromatic ring is 1. The van der Waals surface area contributed by atoms with Gasteiger partial charge in [-0.25, -0.2) is 9.37 Å².